The Bertz CT molecular complexity index is 338. The molecule has 0 aromatic heterocycles. The summed E-state index contributed by atoms with van der Waals surface area (Å²) in [5.41, 5.74) is 4.69. The predicted molar refractivity (Wildman–Crippen MR) is 74.3 cm³/mol. The maximum atomic E-state index is 12.3. The molecule has 19 heavy (non-hydrogen) atoms. The van der Waals surface area contributed by atoms with Gasteiger partial charge >= 0.3 is 6.18 Å². The van der Waals surface area contributed by atoms with Crippen LogP contribution in [0.1, 0.15) is 46.6 Å². The van der Waals surface area contributed by atoms with E-state index in [4.69, 9.17) is 10.5 Å². The van der Waals surface area contributed by atoms with Crippen molar-refractivity contribution in [1.82, 2.24) is 0 Å². The number of alkyl halides is 3. The normalized spacial score (nSPS) is 9.68. The van der Waals surface area contributed by atoms with Crippen LogP contribution < -0.4 is 10.5 Å². The zero-order chi connectivity index (χ0) is 15.5. The Morgan fingerprint density at radius 2 is 1.63 bits per heavy atom. The van der Waals surface area contributed by atoms with Crippen LogP contribution in [0.5, 0.6) is 5.75 Å². The highest BCUT2D eigenvalue weighted by Crippen LogP contribution is 2.33. The highest BCUT2D eigenvalue weighted by molar-refractivity contribution is 5.54. The van der Waals surface area contributed by atoms with Crippen LogP contribution in [-0.2, 0) is 6.18 Å². The standard InChI is InChI=1S/C10H12F3NO.2C2H6/c1-2-5-15-9-4-3-7(6-8(9)14)10(11,12)13;2*1-2/h3-4,6H,2,5,14H2,1H3;2*1-2H3. The van der Waals surface area contributed by atoms with Gasteiger partial charge in [-0.1, -0.05) is 34.6 Å². The Morgan fingerprint density at radius 3 is 2.00 bits per heavy atom. The smallest absolute Gasteiger partial charge is 0.416 e. The third-order valence-corrected chi connectivity index (χ3v) is 1.80. The molecule has 0 unspecified atom stereocenters. The van der Waals surface area contributed by atoms with Gasteiger partial charge in [0.05, 0.1) is 17.9 Å². The van der Waals surface area contributed by atoms with E-state index in [9.17, 15) is 13.2 Å². The van der Waals surface area contributed by atoms with Crippen LogP contribution in [0.2, 0.25) is 0 Å². The van der Waals surface area contributed by atoms with Gasteiger partial charge in [-0.3, -0.25) is 0 Å². The summed E-state index contributed by atoms with van der Waals surface area (Å²) in [6, 6.07) is 3.08. The Balaban J connectivity index is 0. The molecule has 112 valence electrons. The largest absolute Gasteiger partial charge is 0.491 e. The highest BCUT2D eigenvalue weighted by Gasteiger charge is 2.30. The molecular formula is C14H24F3NO. The van der Waals surface area contributed by atoms with Crippen molar-refractivity contribution in [3.8, 4) is 5.75 Å². The van der Waals surface area contributed by atoms with Crippen LogP contribution in [0.25, 0.3) is 0 Å². The molecule has 1 aromatic rings. The molecule has 2 N–H and O–H groups in total. The average molecular weight is 279 g/mol. The van der Waals surface area contributed by atoms with Gasteiger partial charge in [-0.2, -0.15) is 13.2 Å². The lowest BCUT2D eigenvalue weighted by Gasteiger charge is -2.11. The van der Waals surface area contributed by atoms with E-state index in [0.717, 1.165) is 18.6 Å². The molecule has 0 aliphatic heterocycles. The molecule has 0 heterocycles. The van der Waals surface area contributed by atoms with E-state index < -0.39 is 11.7 Å². The van der Waals surface area contributed by atoms with Gasteiger partial charge in [-0.25, -0.2) is 0 Å². The van der Waals surface area contributed by atoms with Gasteiger partial charge in [0.15, 0.2) is 0 Å². The summed E-state index contributed by atoms with van der Waals surface area (Å²) >= 11 is 0. The Morgan fingerprint density at radius 1 is 1.11 bits per heavy atom. The monoisotopic (exact) mass is 279 g/mol. The van der Waals surface area contributed by atoms with Gasteiger partial charge < -0.3 is 10.5 Å². The summed E-state index contributed by atoms with van der Waals surface area (Å²) in [5.74, 6) is 0.296. The number of anilines is 1. The Kier molecular flexibility index (Phi) is 11.0. The first kappa shape index (κ1) is 19.9. The first-order chi connectivity index (χ1) is 8.95. The Labute approximate surface area is 113 Å². The van der Waals surface area contributed by atoms with Crippen molar-refractivity contribution in [2.24, 2.45) is 0 Å². The average Bonchev–Trinajstić information content (AvgIpc) is 2.41. The lowest BCUT2D eigenvalue weighted by atomic mass is 10.2. The number of nitrogen functional groups attached to an aromatic ring is 1. The summed E-state index contributed by atoms with van der Waals surface area (Å²) < 4.78 is 41.9. The summed E-state index contributed by atoms with van der Waals surface area (Å²) in [7, 11) is 0. The van der Waals surface area contributed by atoms with Crippen LogP contribution in [0, 0.1) is 0 Å². The fraction of sp³-hybridized carbons (Fsp3) is 0.571. The van der Waals surface area contributed by atoms with Crippen molar-refractivity contribution in [3.05, 3.63) is 23.8 Å². The summed E-state index contributed by atoms with van der Waals surface area (Å²) in [4.78, 5) is 0. The molecule has 0 bridgehead atoms. The molecule has 1 aromatic carbocycles. The predicted octanol–water partition coefficient (Wildman–Crippen LogP) is 5.13. The van der Waals surface area contributed by atoms with Crippen molar-refractivity contribution < 1.29 is 17.9 Å². The number of rotatable bonds is 3. The lowest BCUT2D eigenvalue weighted by molar-refractivity contribution is -0.137. The van der Waals surface area contributed by atoms with E-state index in [1.165, 1.54) is 6.07 Å². The van der Waals surface area contributed by atoms with Gasteiger partial charge in [-0.05, 0) is 24.6 Å². The molecule has 0 spiro atoms. The van der Waals surface area contributed by atoms with Crippen LogP contribution >= 0.6 is 0 Å². The Hall–Kier alpha value is -1.39. The van der Waals surface area contributed by atoms with Crippen LogP contribution in [0.3, 0.4) is 0 Å². The zero-order valence-electron chi connectivity index (χ0n) is 12.3. The minimum Gasteiger partial charge on any atom is -0.491 e. The van der Waals surface area contributed by atoms with Crippen LogP contribution in [0.15, 0.2) is 18.2 Å². The SMILES string of the molecule is CC.CC.CCCOc1ccc(C(F)(F)F)cc1N. The van der Waals surface area contributed by atoms with E-state index in [2.05, 4.69) is 0 Å². The molecule has 2 nitrogen and oxygen atoms in total. The third kappa shape index (κ3) is 7.59. The number of hydrogen-bond donors (Lipinski definition) is 1. The molecule has 0 radical (unpaired) electrons. The third-order valence-electron chi connectivity index (χ3n) is 1.80. The summed E-state index contributed by atoms with van der Waals surface area (Å²) in [6.07, 6.45) is -3.59. The minimum absolute atomic E-state index is 0.0123. The van der Waals surface area contributed by atoms with Crippen molar-refractivity contribution in [3.63, 3.8) is 0 Å². The summed E-state index contributed by atoms with van der Waals surface area (Å²) in [5, 5.41) is 0. The van der Waals surface area contributed by atoms with Crippen molar-refractivity contribution in [1.29, 1.82) is 0 Å². The number of ether oxygens (including phenoxy) is 1. The number of benzene rings is 1. The topological polar surface area (TPSA) is 35.2 Å². The summed E-state index contributed by atoms with van der Waals surface area (Å²) in [6.45, 7) is 10.3. The van der Waals surface area contributed by atoms with Crippen molar-refractivity contribution >= 4 is 5.69 Å². The molecule has 0 atom stereocenters. The number of halogens is 3. The zero-order valence-corrected chi connectivity index (χ0v) is 12.3. The molecular weight excluding hydrogens is 255 g/mol. The maximum Gasteiger partial charge on any atom is 0.416 e. The first-order valence-corrected chi connectivity index (χ1v) is 6.54. The quantitative estimate of drug-likeness (QED) is 0.778. The van der Waals surface area contributed by atoms with Gasteiger partial charge in [0.25, 0.3) is 0 Å². The fourth-order valence-electron chi connectivity index (χ4n) is 1.07. The molecule has 0 aliphatic rings. The van der Waals surface area contributed by atoms with Crippen molar-refractivity contribution in [2.45, 2.75) is 47.2 Å². The second-order valence-electron chi connectivity index (χ2n) is 3.10. The fourth-order valence-corrected chi connectivity index (χ4v) is 1.07. The van der Waals surface area contributed by atoms with Gasteiger partial charge in [0.1, 0.15) is 5.75 Å². The van der Waals surface area contributed by atoms with E-state index in [1.54, 1.807) is 0 Å². The van der Waals surface area contributed by atoms with E-state index in [0.29, 0.717) is 12.4 Å². The number of nitrogens with two attached hydrogens (primary N) is 1. The molecule has 0 saturated carbocycles. The van der Waals surface area contributed by atoms with Gasteiger partial charge in [-0.15, -0.1) is 0 Å². The van der Waals surface area contributed by atoms with Crippen LogP contribution in [0.4, 0.5) is 18.9 Å². The van der Waals surface area contributed by atoms with E-state index in [1.807, 2.05) is 34.6 Å². The maximum absolute atomic E-state index is 12.3. The molecule has 0 aliphatic carbocycles. The van der Waals surface area contributed by atoms with E-state index in [-0.39, 0.29) is 5.69 Å². The molecule has 0 amide bonds. The minimum atomic E-state index is -4.36. The second kappa shape index (κ2) is 10.5. The number of hydrogen-bond acceptors (Lipinski definition) is 2. The molecule has 1 rings (SSSR count). The van der Waals surface area contributed by atoms with Gasteiger partial charge in [0.2, 0.25) is 0 Å². The van der Waals surface area contributed by atoms with Crippen LogP contribution in [-0.4, -0.2) is 6.61 Å². The lowest BCUT2D eigenvalue weighted by Crippen LogP contribution is -2.06. The van der Waals surface area contributed by atoms with Gasteiger partial charge in [0, 0.05) is 0 Å². The molecule has 0 saturated heterocycles. The molecule has 5 heteroatoms. The second-order valence-corrected chi connectivity index (χ2v) is 3.10. The van der Waals surface area contributed by atoms with E-state index >= 15 is 0 Å². The highest BCUT2D eigenvalue weighted by atomic mass is 19.4. The molecule has 0 fully saturated rings. The first-order valence-electron chi connectivity index (χ1n) is 6.54. The van der Waals surface area contributed by atoms with Crippen molar-refractivity contribution in [2.75, 3.05) is 12.3 Å².